The van der Waals surface area contributed by atoms with Gasteiger partial charge in [-0.3, -0.25) is 0 Å². The first-order valence-electron chi connectivity index (χ1n) is 3.42. The molecular formula is C9H13InO2. The summed E-state index contributed by atoms with van der Waals surface area (Å²) in [5, 5.41) is 8.75. The zero-order chi connectivity index (χ0) is 8.43. The molecule has 0 spiro atoms. The van der Waals surface area contributed by atoms with Gasteiger partial charge in [-0.1, -0.05) is 18.2 Å². The number of rotatable bonds is 1. The van der Waals surface area contributed by atoms with Gasteiger partial charge < -0.3 is 5.11 Å². The number of hydrogen-bond acceptors (Lipinski definition) is 1. The minimum atomic E-state index is -0.847. The van der Waals surface area contributed by atoms with Gasteiger partial charge in [-0.25, -0.2) is 4.79 Å². The van der Waals surface area contributed by atoms with E-state index in [-0.39, 0.29) is 25.8 Å². The second-order valence-electron chi connectivity index (χ2n) is 2.57. The zero-order valence-electron chi connectivity index (χ0n) is 6.59. The molecule has 0 bridgehead atoms. The maximum absolute atomic E-state index is 10.6. The zero-order valence-corrected chi connectivity index (χ0v) is 6.59. The van der Waals surface area contributed by atoms with Crippen molar-refractivity contribution >= 4 is 31.8 Å². The number of aromatic carboxylic acids is 1. The Balaban J connectivity index is 0.00000121. The Morgan fingerprint density at radius 2 is 1.67 bits per heavy atom. The van der Waals surface area contributed by atoms with Gasteiger partial charge in [0.25, 0.3) is 0 Å². The molecule has 0 aliphatic rings. The topological polar surface area (TPSA) is 37.3 Å². The summed E-state index contributed by atoms with van der Waals surface area (Å²) in [6.45, 7) is 3.60. The summed E-state index contributed by atoms with van der Waals surface area (Å²) in [7, 11) is 0. The van der Waals surface area contributed by atoms with Crippen LogP contribution in [0.25, 0.3) is 0 Å². The number of hydrogen-bond donors (Lipinski definition) is 1. The SMILES string of the molecule is Cc1cccc(C)c1C(=O)O.[InH3]. The van der Waals surface area contributed by atoms with Crippen LogP contribution in [0.1, 0.15) is 21.5 Å². The van der Waals surface area contributed by atoms with Gasteiger partial charge in [0.15, 0.2) is 0 Å². The summed E-state index contributed by atoms with van der Waals surface area (Å²) in [6.07, 6.45) is 0. The number of carboxylic acids is 1. The fraction of sp³-hybridized carbons (Fsp3) is 0.222. The average molecular weight is 268 g/mol. The van der Waals surface area contributed by atoms with E-state index in [4.69, 9.17) is 5.11 Å². The number of carbonyl (C=O) groups is 1. The molecular weight excluding hydrogens is 255 g/mol. The quantitative estimate of drug-likeness (QED) is 0.818. The van der Waals surface area contributed by atoms with Gasteiger partial charge in [-0.2, -0.15) is 0 Å². The van der Waals surface area contributed by atoms with E-state index < -0.39 is 5.97 Å². The first-order valence-corrected chi connectivity index (χ1v) is 3.42. The molecule has 1 rings (SSSR count). The monoisotopic (exact) mass is 268 g/mol. The van der Waals surface area contributed by atoms with Crippen molar-refractivity contribution in [2.45, 2.75) is 13.8 Å². The molecule has 1 N–H and O–H groups in total. The second kappa shape index (κ2) is 4.55. The first-order chi connectivity index (χ1) is 5.13. The van der Waals surface area contributed by atoms with Crippen molar-refractivity contribution in [3.8, 4) is 0 Å². The van der Waals surface area contributed by atoms with E-state index in [0.29, 0.717) is 5.56 Å². The third-order valence-corrected chi connectivity index (χ3v) is 1.69. The molecule has 12 heavy (non-hydrogen) atoms. The first kappa shape index (κ1) is 11.6. The number of aryl methyl sites for hydroxylation is 2. The Morgan fingerprint density at radius 3 is 1.92 bits per heavy atom. The Bertz CT molecular complexity index is 274. The molecule has 0 radical (unpaired) electrons. The summed E-state index contributed by atoms with van der Waals surface area (Å²) in [5.41, 5.74) is 2.06. The molecule has 0 heterocycles. The van der Waals surface area contributed by atoms with Crippen molar-refractivity contribution in [2.24, 2.45) is 0 Å². The van der Waals surface area contributed by atoms with Crippen molar-refractivity contribution in [2.75, 3.05) is 0 Å². The fourth-order valence-electron chi connectivity index (χ4n) is 1.15. The minimum absolute atomic E-state index is 0. The summed E-state index contributed by atoms with van der Waals surface area (Å²) in [6, 6.07) is 5.46. The van der Waals surface area contributed by atoms with Crippen molar-refractivity contribution in [3.05, 3.63) is 34.9 Å². The van der Waals surface area contributed by atoms with Gasteiger partial charge in [-0.05, 0) is 25.0 Å². The van der Waals surface area contributed by atoms with Gasteiger partial charge in [0, 0.05) is 0 Å². The standard InChI is InChI=1S/C9H10O2.In.3H/c1-6-4-3-5-7(2)8(6)9(10)11;;;;/h3-5H,1-2H3,(H,10,11);;;;. The van der Waals surface area contributed by atoms with Crippen molar-refractivity contribution < 1.29 is 9.90 Å². The molecule has 0 aliphatic heterocycles. The van der Waals surface area contributed by atoms with Crippen LogP contribution in [0.15, 0.2) is 18.2 Å². The predicted molar refractivity (Wildman–Crippen MR) is 52.8 cm³/mol. The van der Waals surface area contributed by atoms with Crippen LogP contribution in [0.3, 0.4) is 0 Å². The molecule has 64 valence electrons. The number of carboxylic acid groups (broad SMARTS) is 1. The molecule has 1 aromatic rings. The molecule has 0 saturated carbocycles. The molecule has 0 amide bonds. The van der Waals surface area contributed by atoms with Crippen LogP contribution in [0.4, 0.5) is 0 Å². The van der Waals surface area contributed by atoms with Crippen molar-refractivity contribution in [3.63, 3.8) is 0 Å². The van der Waals surface area contributed by atoms with Crippen LogP contribution in [0.2, 0.25) is 0 Å². The van der Waals surface area contributed by atoms with Gasteiger partial charge in [0.05, 0.1) is 5.56 Å². The maximum atomic E-state index is 10.6. The summed E-state index contributed by atoms with van der Waals surface area (Å²) in [4.78, 5) is 10.6. The Labute approximate surface area is 90.4 Å². The molecule has 0 fully saturated rings. The van der Waals surface area contributed by atoms with Crippen molar-refractivity contribution in [1.29, 1.82) is 0 Å². The summed E-state index contributed by atoms with van der Waals surface area (Å²) < 4.78 is 0. The molecule has 0 saturated heterocycles. The van der Waals surface area contributed by atoms with E-state index in [0.717, 1.165) is 11.1 Å². The van der Waals surface area contributed by atoms with Gasteiger partial charge in [-0.15, -0.1) is 0 Å². The van der Waals surface area contributed by atoms with E-state index in [1.54, 1.807) is 26.0 Å². The van der Waals surface area contributed by atoms with Gasteiger partial charge >= 0.3 is 31.8 Å². The van der Waals surface area contributed by atoms with Gasteiger partial charge in [0.2, 0.25) is 0 Å². The van der Waals surface area contributed by atoms with E-state index in [1.807, 2.05) is 6.07 Å². The predicted octanol–water partition coefficient (Wildman–Crippen LogP) is 0.818. The third kappa shape index (κ3) is 2.27. The third-order valence-electron chi connectivity index (χ3n) is 1.69. The van der Waals surface area contributed by atoms with Gasteiger partial charge in [0.1, 0.15) is 0 Å². The molecule has 0 atom stereocenters. The van der Waals surface area contributed by atoms with E-state index >= 15 is 0 Å². The van der Waals surface area contributed by atoms with E-state index in [1.165, 1.54) is 0 Å². The van der Waals surface area contributed by atoms with Crippen LogP contribution in [-0.4, -0.2) is 36.9 Å². The summed E-state index contributed by atoms with van der Waals surface area (Å²) >= 11 is 0. The van der Waals surface area contributed by atoms with Crippen molar-refractivity contribution in [1.82, 2.24) is 0 Å². The molecule has 2 nitrogen and oxygen atoms in total. The van der Waals surface area contributed by atoms with E-state index in [9.17, 15) is 4.79 Å². The Kier molecular flexibility index (Phi) is 4.39. The molecule has 0 unspecified atom stereocenters. The van der Waals surface area contributed by atoms with Crippen LogP contribution >= 0.6 is 0 Å². The molecule has 0 aromatic heterocycles. The number of benzene rings is 1. The van der Waals surface area contributed by atoms with Crippen LogP contribution in [0.5, 0.6) is 0 Å². The van der Waals surface area contributed by atoms with Crippen LogP contribution in [-0.2, 0) is 0 Å². The fourth-order valence-corrected chi connectivity index (χ4v) is 1.15. The van der Waals surface area contributed by atoms with Crippen LogP contribution in [0, 0.1) is 13.8 Å². The molecule has 3 heteroatoms. The Hall–Kier alpha value is -0.440. The molecule has 1 aromatic carbocycles. The molecule has 0 aliphatic carbocycles. The average Bonchev–Trinajstić information content (AvgIpc) is 1.85. The normalized spacial score (nSPS) is 8.83. The second-order valence-corrected chi connectivity index (χ2v) is 2.57. The Morgan fingerprint density at radius 1 is 1.25 bits per heavy atom. The van der Waals surface area contributed by atoms with Crippen LogP contribution < -0.4 is 0 Å². The summed E-state index contributed by atoms with van der Waals surface area (Å²) in [5.74, 6) is -0.847. The van der Waals surface area contributed by atoms with E-state index in [2.05, 4.69) is 0 Å².